The summed E-state index contributed by atoms with van der Waals surface area (Å²) in [6, 6.07) is 0. The largest absolute Gasteiger partial charge is 0.272 e. The molecule has 0 saturated carbocycles. The molecule has 1 rings (SSSR count). The van der Waals surface area contributed by atoms with Crippen molar-refractivity contribution in [2.45, 2.75) is 12.8 Å². The van der Waals surface area contributed by atoms with Gasteiger partial charge in [-0.15, -0.1) is 0 Å². The molecular weight excluding hydrogens is 118 g/mol. The Morgan fingerprint density at radius 2 is 2.56 bits per heavy atom. The van der Waals surface area contributed by atoms with E-state index in [1.165, 1.54) is 12.2 Å². The van der Waals surface area contributed by atoms with Gasteiger partial charge in [-0.3, -0.25) is 9.63 Å². The van der Waals surface area contributed by atoms with Gasteiger partial charge in [-0.25, -0.2) is 0 Å². The average molecular weight is 127 g/mol. The second-order valence-electron chi connectivity index (χ2n) is 1.83. The summed E-state index contributed by atoms with van der Waals surface area (Å²) in [5.41, 5.74) is 0. The van der Waals surface area contributed by atoms with Crippen LogP contribution in [0.5, 0.6) is 0 Å². The molecule has 0 spiro atoms. The molecule has 0 aromatic carbocycles. The third-order valence-corrected chi connectivity index (χ3v) is 1.21. The van der Waals surface area contributed by atoms with Crippen molar-refractivity contribution in [3.63, 3.8) is 0 Å². The van der Waals surface area contributed by atoms with E-state index in [9.17, 15) is 4.79 Å². The molecule has 0 radical (unpaired) electrons. The molecule has 0 aromatic rings. The first-order chi connectivity index (χ1) is 4.34. The summed E-state index contributed by atoms with van der Waals surface area (Å²) in [5, 5.41) is 1.24. The summed E-state index contributed by atoms with van der Waals surface area (Å²) < 4.78 is 0. The average Bonchev–Trinajstić information content (AvgIpc) is 1.89. The zero-order valence-electron chi connectivity index (χ0n) is 5.33. The summed E-state index contributed by atoms with van der Waals surface area (Å²) in [6.07, 6.45) is 4.94. The maximum Gasteiger partial charge on any atom is 0.250 e. The number of hydroxylamine groups is 2. The van der Waals surface area contributed by atoms with Crippen molar-refractivity contribution in [1.29, 1.82) is 0 Å². The van der Waals surface area contributed by atoms with E-state index in [1.807, 2.05) is 6.08 Å². The molecule has 0 atom stereocenters. The van der Waals surface area contributed by atoms with Gasteiger partial charge in [0.15, 0.2) is 0 Å². The molecule has 0 saturated heterocycles. The number of carbonyl (C=O) groups is 1. The maximum absolute atomic E-state index is 10.8. The zero-order valence-corrected chi connectivity index (χ0v) is 5.33. The number of hydrogen-bond acceptors (Lipinski definition) is 2. The molecule has 1 aliphatic heterocycles. The summed E-state index contributed by atoms with van der Waals surface area (Å²) in [6.45, 7) is 0. The lowest BCUT2D eigenvalue weighted by molar-refractivity contribution is -0.163. The van der Waals surface area contributed by atoms with Gasteiger partial charge in [-0.1, -0.05) is 6.08 Å². The molecule has 1 aliphatic rings. The Morgan fingerprint density at radius 1 is 1.78 bits per heavy atom. The first-order valence-electron chi connectivity index (χ1n) is 2.87. The maximum atomic E-state index is 10.8. The van der Waals surface area contributed by atoms with Crippen LogP contribution in [-0.4, -0.2) is 18.1 Å². The lowest BCUT2D eigenvalue weighted by atomic mass is 10.2. The van der Waals surface area contributed by atoms with Crippen LogP contribution in [0.15, 0.2) is 12.3 Å². The van der Waals surface area contributed by atoms with Crippen molar-refractivity contribution >= 4 is 5.91 Å². The highest BCUT2D eigenvalue weighted by atomic mass is 16.7. The SMILES string of the molecule is CON1C=CCCC1=O. The van der Waals surface area contributed by atoms with Crippen molar-refractivity contribution in [1.82, 2.24) is 5.06 Å². The molecule has 0 N–H and O–H groups in total. The van der Waals surface area contributed by atoms with Gasteiger partial charge < -0.3 is 0 Å². The fourth-order valence-electron chi connectivity index (χ4n) is 0.733. The van der Waals surface area contributed by atoms with Crippen molar-refractivity contribution in [3.8, 4) is 0 Å². The Balaban J connectivity index is 2.57. The standard InChI is InChI=1S/C6H9NO2/c1-9-7-5-3-2-4-6(7)8/h3,5H,2,4H2,1H3. The molecule has 0 fully saturated rings. The van der Waals surface area contributed by atoms with Gasteiger partial charge in [0.25, 0.3) is 5.91 Å². The van der Waals surface area contributed by atoms with E-state index in [-0.39, 0.29) is 5.91 Å². The summed E-state index contributed by atoms with van der Waals surface area (Å²) in [5.74, 6) is 0.0278. The van der Waals surface area contributed by atoms with Crippen molar-refractivity contribution in [2.24, 2.45) is 0 Å². The number of carbonyl (C=O) groups excluding carboxylic acids is 1. The third-order valence-electron chi connectivity index (χ3n) is 1.21. The number of amides is 1. The zero-order chi connectivity index (χ0) is 6.69. The monoisotopic (exact) mass is 127 g/mol. The van der Waals surface area contributed by atoms with Crippen LogP contribution < -0.4 is 0 Å². The summed E-state index contributed by atoms with van der Waals surface area (Å²) in [7, 11) is 1.48. The smallest absolute Gasteiger partial charge is 0.250 e. The molecule has 1 heterocycles. The second kappa shape index (κ2) is 2.64. The van der Waals surface area contributed by atoms with Gasteiger partial charge in [0, 0.05) is 12.6 Å². The van der Waals surface area contributed by atoms with Gasteiger partial charge in [-0.05, 0) is 6.42 Å². The highest BCUT2D eigenvalue weighted by Gasteiger charge is 2.11. The number of allylic oxidation sites excluding steroid dienone is 1. The van der Waals surface area contributed by atoms with E-state index in [2.05, 4.69) is 0 Å². The van der Waals surface area contributed by atoms with E-state index < -0.39 is 0 Å². The Hall–Kier alpha value is -0.830. The van der Waals surface area contributed by atoms with Crippen LogP contribution in [0.25, 0.3) is 0 Å². The Kier molecular flexibility index (Phi) is 1.85. The molecule has 0 aliphatic carbocycles. The van der Waals surface area contributed by atoms with Gasteiger partial charge >= 0.3 is 0 Å². The first kappa shape index (κ1) is 6.29. The van der Waals surface area contributed by atoms with Crippen LogP contribution >= 0.6 is 0 Å². The molecule has 3 heteroatoms. The van der Waals surface area contributed by atoms with Crippen LogP contribution in [0.1, 0.15) is 12.8 Å². The summed E-state index contributed by atoms with van der Waals surface area (Å²) in [4.78, 5) is 15.5. The predicted octanol–water partition coefficient (Wildman–Crippen LogP) is 0.684. The normalized spacial score (nSPS) is 18.8. The van der Waals surface area contributed by atoms with Gasteiger partial charge in [-0.2, -0.15) is 5.06 Å². The van der Waals surface area contributed by atoms with E-state index in [0.717, 1.165) is 6.42 Å². The lowest BCUT2D eigenvalue weighted by Crippen LogP contribution is -2.26. The van der Waals surface area contributed by atoms with Crippen LogP contribution in [0.2, 0.25) is 0 Å². The fourth-order valence-corrected chi connectivity index (χ4v) is 0.733. The van der Waals surface area contributed by atoms with Gasteiger partial charge in [0.1, 0.15) is 0 Å². The Morgan fingerprint density at radius 3 is 3.00 bits per heavy atom. The minimum absolute atomic E-state index is 0.0278. The molecule has 0 bridgehead atoms. The fraction of sp³-hybridized carbons (Fsp3) is 0.500. The highest BCUT2D eigenvalue weighted by molar-refractivity contribution is 5.77. The van der Waals surface area contributed by atoms with Crippen LogP contribution in [0.4, 0.5) is 0 Å². The molecule has 1 amide bonds. The van der Waals surface area contributed by atoms with Gasteiger partial charge in [0.2, 0.25) is 0 Å². The minimum Gasteiger partial charge on any atom is -0.272 e. The first-order valence-corrected chi connectivity index (χ1v) is 2.87. The topological polar surface area (TPSA) is 29.5 Å². The molecular formula is C6H9NO2. The van der Waals surface area contributed by atoms with E-state index in [0.29, 0.717) is 6.42 Å². The molecule has 0 unspecified atom stereocenters. The van der Waals surface area contributed by atoms with Crippen molar-refractivity contribution in [2.75, 3.05) is 7.11 Å². The van der Waals surface area contributed by atoms with E-state index >= 15 is 0 Å². The summed E-state index contributed by atoms with van der Waals surface area (Å²) >= 11 is 0. The van der Waals surface area contributed by atoms with Crippen LogP contribution in [-0.2, 0) is 9.63 Å². The molecule has 0 aromatic heterocycles. The van der Waals surface area contributed by atoms with Crippen molar-refractivity contribution < 1.29 is 9.63 Å². The van der Waals surface area contributed by atoms with Crippen LogP contribution in [0, 0.1) is 0 Å². The quantitative estimate of drug-likeness (QED) is 0.518. The Bertz CT molecular complexity index is 142. The molecule has 3 nitrogen and oxygen atoms in total. The number of hydrogen-bond donors (Lipinski definition) is 0. The minimum atomic E-state index is 0.0278. The number of nitrogens with zero attached hydrogens (tertiary/aromatic N) is 1. The van der Waals surface area contributed by atoms with E-state index in [1.54, 1.807) is 6.20 Å². The van der Waals surface area contributed by atoms with Crippen LogP contribution in [0.3, 0.4) is 0 Å². The third kappa shape index (κ3) is 1.29. The van der Waals surface area contributed by atoms with E-state index in [4.69, 9.17) is 4.84 Å². The Labute approximate surface area is 53.9 Å². The number of rotatable bonds is 1. The predicted molar refractivity (Wildman–Crippen MR) is 32.2 cm³/mol. The molecule has 50 valence electrons. The van der Waals surface area contributed by atoms with Crippen molar-refractivity contribution in [3.05, 3.63) is 12.3 Å². The molecule has 9 heavy (non-hydrogen) atoms. The van der Waals surface area contributed by atoms with Gasteiger partial charge in [0.05, 0.1) is 7.11 Å². The highest BCUT2D eigenvalue weighted by Crippen LogP contribution is 2.06. The second-order valence-corrected chi connectivity index (χ2v) is 1.83. The lowest BCUT2D eigenvalue weighted by Gasteiger charge is -2.17.